The van der Waals surface area contributed by atoms with Gasteiger partial charge in [0.2, 0.25) is 11.8 Å². The van der Waals surface area contributed by atoms with Gasteiger partial charge < -0.3 is 22.1 Å². The molecule has 0 aliphatic rings. The molecule has 0 aliphatic carbocycles. The van der Waals surface area contributed by atoms with Crippen molar-refractivity contribution in [3.05, 3.63) is 70.8 Å². The monoisotopic (exact) mass is 419 g/mol. The van der Waals surface area contributed by atoms with Crippen LogP contribution in [0, 0.1) is 17.0 Å². The third-order valence-corrected chi connectivity index (χ3v) is 4.02. The molecular formula is C21H27F2N5O2. The van der Waals surface area contributed by atoms with E-state index in [1.165, 1.54) is 12.1 Å². The first kappa shape index (κ1) is 24.7. The molecule has 30 heavy (non-hydrogen) atoms. The molecule has 7 nitrogen and oxygen atoms in total. The summed E-state index contributed by atoms with van der Waals surface area (Å²) in [7, 11) is 0. The van der Waals surface area contributed by atoms with Crippen LogP contribution in [0.4, 0.5) is 8.78 Å². The SMILES string of the molecule is CC(NC(=O)CN)C(=O)NCc1ccc(C(=N)N)cc1.CCc1cc(F)cc(F)c1. The molecule has 0 radical (unpaired) electrons. The first-order chi connectivity index (χ1) is 14.2. The first-order valence-electron chi connectivity index (χ1n) is 9.31. The van der Waals surface area contributed by atoms with Gasteiger partial charge in [-0.05, 0) is 36.6 Å². The summed E-state index contributed by atoms with van der Waals surface area (Å²) in [4.78, 5) is 22.8. The average Bonchev–Trinajstić information content (AvgIpc) is 2.71. The van der Waals surface area contributed by atoms with Gasteiger partial charge in [-0.15, -0.1) is 0 Å². The number of rotatable bonds is 7. The number of hydrogen-bond acceptors (Lipinski definition) is 4. The highest BCUT2D eigenvalue weighted by atomic mass is 19.1. The Bertz CT molecular complexity index is 852. The maximum absolute atomic E-state index is 12.4. The van der Waals surface area contributed by atoms with Gasteiger partial charge in [0.25, 0.3) is 0 Å². The number of aryl methyl sites for hydroxylation is 1. The van der Waals surface area contributed by atoms with Crippen LogP contribution in [0.5, 0.6) is 0 Å². The lowest BCUT2D eigenvalue weighted by molar-refractivity contribution is -0.128. The molecule has 0 saturated carbocycles. The first-order valence-corrected chi connectivity index (χ1v) is 9.31. The largest absolute Gasteiger partial charge is 0.384 e. The molecule has 0 aromatic heterocycles. The molecule has 1 atom stereocenters. The van der Waals surface area contributed by atoms with Crippen LogP contribution in [-0.4, -0.2) is 30.2 Å². The highest BCUT2D eigenvalue weighted by Gasteiger charge is 2.14. The summed E-state index contributed by atoms with van der Waals surface area (Å²) in [5.74, 6) is -1.67. The zero-order chi connectivity index (χ0) is 22.7. The van der Waals surface area contributed by atoms with Crippen molar-refractivity contribution in [1.29, 1.82) is 5.41 Å². The van der Waals surface area contributed by atoms with Crippen LogP contribution in [0.2, 0.25) is 0 Å². The Hall–Kier alpha value is -3.33. The zero-order valence-corrected chi connectivity index (χ0v) is 17.0. The number of nitrogen functional groups attached to an aromatic ring is 1. The molecule has 1 unspecified atom stereocenters. The fourth-order valence-corrected chi connectivity index (χ4v) is 2.33. The lowest BCUT2D eigenvalue weighted by Gasteiger charge is -2.13. The van der Waals surface area contributed by atoms with Gasteiger partial charge in [0, 0.05) is 18.2 Å². The predicted octanol–water partition coefficient (Wildman–Crippen LogP) is 1.58. The molecular weight excluding hydrogens is 392 g/mol. The molecule has 0 fully saturated rings. The van der Waals surface area contributed by atoms with Crippen molar-refractivity contribution in [1.82, 2.24) is 10.6 Å². The van der Waals surface area contributed by atoms with Gasteiger partial charge >= 0.3 is 0 Å². The van der Waals surface area contributed by atoms with E-state index in [4.69, 9.17) is 16.9 Å². The molecule has 0 spiro atoms. The lowest BCUT2D eigenvalue weighted by Crippen LogP contribution is -2.46. The number of amidine groups is 1. The Morgan fingerprint density at radius 1 is 1.07 bits per heavy atom. The fraction of sp³-hybridized carbons (Fsp3) is 0.286. The maximum atomic E-state index is 12.4. The molecule has 0 heterocycles. The minimum absolute atomic E-state index is 0.00120. The molecule has 0 saturated heterocycles. The molecule has 7 N–H and O–H groups in total. The van der Waals surface area contributed by atoms with Crippen LogP contribution < -0.4 is 22.1 Å². The topological polar surface area (TPSA) is 134 Å². The Kier molecular flexibility index (Phi) is 10.1. The Morgan fingerprint density at radius 3 is 2.10 bits per heavy atom. The van der Waals surface area contributed by atoms with E-state index in [1.54, 1.807) is 31.2 Å². The van der Waals surface area contributed by atoms with Gasteiger partial charge in [-0.25, -0.2) is 8.78 Å². The van der Waals surface area contributed by atoms with Gasteiger partial charge in [0.15, 0.2) is 0 Å². The van der Waals surface area contributed by atoms with Crippen molar-refractivity contribution in [2.75, 3.05) is 6.54 Å². The number of nitrogens with two attached hydrogens (primary N) is 2. The van der Waals surface area contributed by atoms with Crippen molar-refractivity contribution < 1.29 is 18.4 Å². The maximum Gasteiger partial charge on any atom is 0.242 e. The molecule has 0 bridgehead atoms. The summed E-state index contributed by atoms with van der Waals surface area (Å²) >= 11 is 0. The van der Waals surface area contributed by atoms with Gasteiger partial charge in [0.05, 0.1) is 6.54 Å². The van der Waals surface area contributed by atoms with Crippen molar-refractivity contribution in [2.24, 2.45) is 11.5 Å². The molecule has 9 heteroatoms. The zero-order valence-electron chi connectivity index (χ0n) is 17.0. The predicted molar refractivity (Wildman–Crippen MR) is 112 cm³/mol. The second kappa shape index (κ2) is 12.3. The Morgan fingerprint density at radius 2 is 1.63 bits per heavy atom. The van der Waals surface area contributed by atoms with Gasteiger partial charge in [-0.2, -0.15) is 0 Å². The summed E-state index contributed by atoms with van der Waals surface area (Å²) < 4.78 is 24.8. The summed E-state index contributed by atoms with van der Waals surface area (Å²) in [6.07, 6.45) is 0.661. The van der Waals surface area contributed by atoms with E-state index < -0.39 is 17.7 Å². The normalized spacial score (nSPS) is 11.0. The van der Waals surface area contributed by atoms with E-state index in [9.17, 15) is 18.4 Å². The van der Waals surface area contributed by atoms with E-state index in [2.05, 4.69) is 10.6 Å². The summed E-state index contributed by atoms with van der Waals surface area (Å²) in [6.45, 7) is 3.62. The molecule has 162 valence electrons. The number of hydrogen-bond donors (Lipinski definition) is 5. The van der Waals surface area contributed by atoms with E-state index in [1.807, 2.05) is 6.92 Å². The van der Waals surface area contributed by atoms with E-state index in [0.29, 0.717) is 24.1 Å². The number of carbonyl (C=O) groups is 2. The van der Waals surface area contributed by atoms with E-state index in [-0.39, 0.29) is 24.2 Å². The highest BCUT2D eigenvalue weighted by molar-refractivity contribution is 5.94. The third-order valence-electron chi connectivity index (χ3n) is 4.02. The van der Waals surface area contributed by atoms with Crippen molar-refractivity contribution in [2.45, 2.75) is 32.9 Å². The van der Waals surface area contributed by atoms with E-state index >= 15 is 0 Å². The Balaban J connectivity index is 0.000000375. The lowest BCUT2D eigenvalue weighted by atomic mass is 10.1. The van der Waals surface area contributed by atoms with Crippen molar-refractivity contribution in [3.63, 3.8) is 0 Å². The van der Waals surface area contributed by atoms with Gasteiger partial charge in [-0.1, -0.05) is 31.2 Å². The smallest absolute Gasteiger partial charge is 0.242 e. The second-order valence-electron chi connectivity index (χ2n) is 6.45. The van der Waals surface area contributed by atoms with Crippen LogP contribution >= 0.6 is 0 Å². The van der Waals surface area contributed by atoms with Crippen LogP contribution in [0.1, 0.15) is 30.5 Å². The fourth-order valence-electron chi connectivity index (χ4n) is 2.33. The van der Waals surface area contributed by atoms with Gasteiger partial charge in [0.1, 0.15) is 23.5 Å². The number of nitrogens with one attached hydrogen (secondary N) is 3. The minimum Gasteiger partial charge on any atom is -0.384 e. The number of carbonyl (C=O) groups excluding carboxylic acids is 2. The molecule has 0 aliphatic heterocycles. The van der Waals surface area contributed by atoms with Crippen LogP contribution in [-0.2, 0) is 22.6 Å². The third kappa shape index (κ3) is 8.78. The van der Waals surface area contributed by atoms with Crippen molar-refractivity contribution >= 4 is 17.6 Å². The molecule has 2 amide bonds. The second-order valence-corrected chi connectivity index (χ2v) is 6.45. The standard InChI is InChI=1S/C13H19N5O2.C8H8F2/c1-8(18-11(19)6-14)13(20)17-7-9-2-4-10(5-3-9)12(15)16;1-2-6-3-7(9)5-8(10)4-6/h2-5,8H,6-7,14H2,1H3,(H3,15,16)(H,17,20)(H,18,19);3-5H,2H2,1H3. The summed E-state index contributed by atoms with van der Waals surface area (Å²) in [6, 6.07) is 9.89. The number of halogens is 2. The minimum atomic E-state index is -0.637. The average molecular weight is 419 g/mol. The summed E-state index contributed by atoms with van der Waals surface area (Å²) in [5, 5.41) is 12.4. The van der Waals surface area contributed by atoms with Crippen LogP contribution in [0.25, 0.3) is 0 Å². The molecule has 2 aromatic carbocycles. The highest BCUT2D eigenvalue weighted by Crippen LogP contribution is 2.07. The number of benzene rings is 2. The van der Waals surface area contributed by atoms with Crippen molar-refractivity contribution in [3.8, 4) is 0 Å². The molecule has 2 rings (SSSR count). The van der Waals surface area contributed by atoms with Crippen LogP contribution in [0.3, 0.4) is 0 Å². The molecule has 2 aromatic rings. The van der Waals surface area contributed by atoms with Crippen LogP contribution in [0.15, 0.2) is 42.5 Å². The number of amides is 2. The van der Waals surface area contributed by atoms with E-state index in [0.717, 1.165) is 11.6 Å². The Labute approximate surface area is 174 Å². The quantitative estimate of drug-likeness (QED) is 0.344. The van der Waals surface area contributed by atoms with Gasteiger partial charge in [-0.3, -0.25) is 15.0 Å². The summed E-state index contributed by atoms with van der Waals surface area (Å²) in [5.41, 5.74) is 12.7.